The molecule has 1 aromatic carbocycles. The van der Waals surface area contributed by atoms with Crippen LogP contribution < -0.4 is 4.90 Å². The summed E-state index contributed by atoms with van der Waals surface area (Å²) in [6, 6.07) is 12.5. The molecule has 7 nitrogen and oxygen atoms in total. The quantitative estimate of drug-likeness (QED) is 0.510. The van der Waals surface area contributed by atoms with Gasteiger partial charge in [0.25, 0.3) is 0 Å². The number of carboxylic acids is 1. The molecule has 0 amide bonds. The smallest absolute Gasteiger partial charge is 0.337 e. The monoisotopic (exact) mass is 459 g/mol. The molecule has 2 saturated heterocycles. The van der Waals surface area contributed by atoms with Crippen molar-refractivity contribution in [3.05, 3.63) is 65.0 Å². The Balaban J connectivity index is 1.18. The zero-order chi connectivity index (χ0) is 23.2. The third kappa shape index (κ3) is 3.88. The zero-order valence-electron chi connectivity index (χ0n) is 19.3. The predicted octanol–water partition coefficient (Wildman–Crippen LogP) is 5.34. The highest BCUT2D eigenvalue weighted by atomic mass is 16.5. The van der Waals surface area contributed by atoms with Gasteiger partial charge in [-0.05, 0) is 63.1 Å². The van der Waals surface area contributed by atoms with Gasteiger partial charge in [0.1, 0.15) is 17.3 Å². The number of aryl methyl sites for hydroxylation is 1. The maximum Gasteiger partial charge on any atom is 0.337 e. The van der Waals surface area contributed by atoms with E-state index in [1.54, 1.807) is 6.07 Å². The Morgan fingerprint density at radius 3 is 2.53 bits per heavy atom. The van der Waals surface area contributed by atoms with Gasteiger partial charge in [-0.2, -0.15) is 0 Å². The molecule has 3 fully saturated rings. The fraction of sp³-hybridized carbons (Fsp3) is 0.444. The molecule has 1 saturated carbocycles. The van der Waals surface area contributed by atoms with Crippen LogP contribution in [-0.4, -0.2) is 39.4 Å². The molecule has 34 heavy (non-hydrogen) atoms. The average Bonchev–Trinajstić information content (AvgIpc) is 3.55. The van der Waals surface area contributed by atoms with Crippen molar-refractivity contribution in [3.63, 3.8) is 0 Å². The summed E-state index contributed by atoms with van der Waals surface area (Å²) < 4.78 is 12.4. The summed E-state index contributed by atoms with van der Waals surface area (Å²) in [6.07, 6.45) is 8.07. The number of ether oxygens (including phenoxy) is 1. The molecule has 3 aliphatic rings. The largest absolute Gasteiger partial charge is 0.478 e. The van der Waals surface area contributed by atoms with Crippen molar-refractivity contribution in [2.24, 2.45) is 0 Å². The number of hydrogen-bond donors (Lipinski definition) is 1. The molecule has 2 bridgehead atoms. The van der Waals surface area contributed by atoms with Crippen LogP contribution in [0.25, 0.3) is 11.3 Å². The number of carbonyl (C=O) groups is 1. The molecule has 0 spiro atoms. The normalized spacial score (nSPS) is 23.9. The van der Waals surface area contributed by atoms with E-state index < -0.39 is 5.97 Å². The summed E-state index contributed by atoms with van der Waals surface area (Å²) in [4.78, 5) is 18.0. The van der Waals surface area contributed by atoms with Gasteiger partial charge in [-0.15, -0.1) is 0 Å². The summed E-state index contributed by atoms with van der Waals surface area (Å²) in [7, 11) is 0. The topological polar surface area (TPSA) is 88.7 Å². The van der Waals surface area contributed by atoms with Crippen LogP contribution in [0, 0.1) is 6.92 Å². The first-order chi connectivity index (χ1) is 16.6. The second kappa shape index (κ2) is 8.55. The summed E-state index contributed by atoms with van der Waals surface area (Å²) in [6.45, 7) is 2.63. The van der Waals surface area contributed by atoms with Crippen molar-refractivity contribution in [1.29, 1.82) is 0 Å². The average molecular weight is 460 g/mol. The van der Waals surface area contributed by atoms with Gasteiger partial charge in [0.2, 0.25) is 0 Å². The van der Waals surface area contributed by atoms with Gasteiger partial charge >= 0.3 is 5.97 Å². The van der Waals surface area contributed by atoms with Crippen LogP contribution in [0.2, 0.25) is 0 Å². The lowest BCUT2D eigenvalue weighted by atomic mass is 9.98. The molecule has 3 atom stereocenters. The molecule has 4 heterocycles. The standard InChI is InChI=1S/C27H29N3O4/c1-16-4-2-3-5-22(16)25-23(26(34-29-25)17-6-7-17)15-33-21-12-19-9-10-20(13-21)30(19)24-11-8-18(14-28-24)27(31)32/h2-5,8,11,14,17,19-21H,6-7,9-10,12-13,15H2,1H3,(H,31,32)/t19-,20+,21+. The fourth-order valence-electron chi connectivity index (χ4n) is 5.68. The second-order valence-corrected chi connectivity index (χ2v) is 9.87. The first-order valence-electron chi connectivity index (χ1n) is 12.2. The number of aromatic nitrogens is 2. The lowest BCUT2D eigenvalue weighted by Gasteiger charge is -2.39. The summed E-state index contributed by atoms with van der Waals surface area (Å²) in [5.41, 5.74) is 4.55. The molecule has 1 N–H and O–H groups in total. The molecule has 0 unspecified atom stereocenters. The van der Waals surface area contributed by atoms with Gasteiger partial charge in [-0.1, -0.05) is 29.4 Å². The number of hydrogen-bond acceptors (Lipinski definition) is 6. The Kier molecular flexibility index (Phi) is 5.37. The molecule has 0 radical (unpaired) electrons. The number of fused-ring (bicyclic) bond motifs is 2. The van der Waals surface area contributed by atoms with Gasteiger partial charge < -0.3 is 19.3 Å². The highest BCUT2D eigenvalue weighted by molar-refractivity contribution is 5.87. The SMILES string of the molecule is Cc1ccccc1-c1noc(C2CC2)c1CO[C@H]1C[C@H]2CC[C@@H](C1)N2c1ccc(C(=O)O)cn1. The number of piperidine rings is 1. The van der Waals surface area contributed by atoms with E-state index in [4.69, 9.17) is 14.4 Å². The molecule has 7 heteroatoms. The van der Waals surface area contributed by atoms with E-state index in [0.29, 0.717) is 24.6 Å². The first-order valence-corrected chi connectivity index (χ1v) is 12.2. The Morgan fingerprint density at radius 1 is 1.12 bits per heavy atom. The molecular formula is C27H29N3O4. The van der Waals surface area contributed by atoms with Crippen LogP contribution in [0.3, 0.4) is 0 Å². The third-order valence-electron chi connectivity index (χ3n) is 7.58. The van der Waals surface area contributed by atoms with E-state index in [2.05, 4.69) is 34.1 Å². The van der Waals surface area contributed by atoms with Gasteiger partial charge in [0.15, 0.2) is 0 Å². The van der Waals surface area contributed by atoms with Crippen LogP contribution in [-0.2, 0) is 11.3 Å². The minimum atomic E-state index is -0.946. The van der Waals surface area contributed by atoms with E-state index in [1.165, 1.54) is 11.8 Å². The van der Waals surface area contributed by atoms with Crippen molar-refractivity contribution < 1.29 is 19.2 Å². The Labute approximate surface area is 198 Å². The van der Waals surface area contributed by atoms with Crippen molar-refractivity contribution in [1.82, 2.24) is 10.1 Å². The van der Waals surface area contributed by atoms with E-state index in [-0.39, 0.29) is 11.7 Å². The van der Waals surface area contributed by atoms with Gasteiger partial charge in [0.05, 0.1) is 18.3 Å². The van der Waals surface area contributed by atoms with E-state index >= 15 is 0 Å². The minimum absolute atomic E-state index is 0.179. The van der Waals surface area contributed by atoms with E-state index in [1.807, 2.05) is 18.2 Å². The molecule has 6 rings (SSSR count). The van der Waals surface area contributed by atoms with Crippen molar-refractivity contribution >= 4 is 11.8 Å². The Hall–Kier alpha value is -3.19. The lowest BCUT2D eigenvalue weighted by Crippen LogP contribution is -2.46. The predicted molar refractivity (Wildman–Crippen MR) is 127 cm³/mol. The number of rotatable bonds is 7. The first kappa shape index (κ1) is 21.4. The van der Waals surface area contributed by atoms with Gasteiger partial charge in [-0.25, -0.2) is 9.78 Å². The number of aromatic carboxylic acids is 1. The van der Waals surface area contributed by atoms with Crippen LogP contribution in [0.1, 0.15) is 71.7 Å². The number of benzene rings is 1. The van der Waals surface area contributed by atoms with Crippen molar-refractivity contribution in [3.8, 4) is 11.3 Å². The summed E-state index contributed by atoms with van der Waals surface area (Å²) in [5, 5.41) is 13.6. The highest BCUT2D eigenvalue weighted by Gasteiger charge is 2.42. The third-order valence-corrected chi connectivity index (χ3v) is 7.58. The second-order valence-electron chi connectivity index (χ2n) is 9.87. The Bertz CT molecular complexity index is 1190. The van der Waals surface area contributed by atoms with Crippen LogP contribution in [0.4, 0.5) is 5.82 Å². The number of anilines is 1. The number of carboxylic acid groups (broad SMARTS) is 1. The van der Waals surface area contributed by atoms with Gasteiger partial charge in [-0.3, -0.25) is 0 Å². The Morgan fingerprint density at radius 2 is 1.88 bits per heavy atom. The highest BCUT2D eigenvalue weighted by Crippen LogP contribution is 2.45. The molecule has 3 aromatic rings. The zero-order valence-corrected chi connectivity index (χ0v) is 19.3. The van der Waals surface area contributed by atoms with E-state index in [9.17, 15) is 4.79 Å². The molecule has 2 aliphatic heterocycles. The van der Waals surface area contributed by atoms with E-state index in [0.717, 1.165) is 66.9 Å². The molecule has 2 aromatic heterocycles. The molecule has 176 valence electrons. The summed E-state index contributed by atoms with van der Waals surface area (Å²) >= 11 is 0. The number of nitrogens with zero attached hydrogens (tertiary/aromatic N) is 3. The number of pyridine rings is 1. The van der Waals surface area contributed by atoms with Crippen LogP contribution >= 0.6 is 0 Å². The fourth-order valence-corrected chi connectivity index (χ4v) is 5.68. The minimum Gasteiger partial charge on any atom is -0.478 e. The van der Waals surface area contributed by atoms with Crippen molar-refractivity contribution in [2.45, 2.75) is 76.2 Å². The summed E-state index contributed by atoms with van der Waals surface area (Å²) in [5.74, 6) is 1.40. The van der Waals surface area contributed by atoms with Crippen LogP contribution in [0.15, 0.2) is 47.1 Å². The van der Waals surface area contributed by atoms with Crippen molar-refractivity contribution in [2.75, 3.05) is 4.90 Å². The molecule has 1 aliphatic carbocycles. The maximum atomic E-state index is 11.2. The van der Waals surface area contributed by atoms with Gasteiger partial charge in [0, 0.05) is 35.3 Å². The maximum absolute atomic E-state index is 11.2. The van der Waals surface area contributed by atoms with Crippen LogP contribution in [0.5, 0.6) is 0 Å². The molecular weight excluding hydrogens is 430 g/mol. The lowest BCUT2D eigenvalue weighted by molar-refractivity contribution is 0.0146.